The lowest BCUT2D eigenvalue weighted by atomic mass is 10.3. The van der Waals surface area contributed by atoms with Crippen LogP contribution in [0.5, 0.6) is 11.5 Å². The Balaban J connectivity index is 3.07. The predicted octanol–water partition coefficient (Wildman–Crippen LogP) is -0.639. The molecule has 0 aliphatic heterocycles. The van der Waals surface area contributed by atoms with Gasteiger partial charge in [-0.1, -0.05) is 0 Å². The van der Waals surface area contributed by atoms with Gasteiger partial charge in [0.2, 0.25) is 10.0 Å². The van der Waals surface area contributed by atoms with Crippen LogP contribution in [-0.4, -0.2) is 34.6 Å². The van der Waals surface area contributed by atoms with Gasteiger partial charge in [-0.25, -0.2) is 14.3 Å². The molecule has 1 unspecified atom stereocenters. The molecule has 112 valence electrons. The maximum absolute atomic E-state index is 12.1. The van der Waals surface area contributed by atoms with Gasteiger partial charge in [-0.3, -0.25) is 10.2 Å². The molecule has 0 radical (unpaired) electrons. The lowest BCUT2D eigenvalue weighted by Gasteiger charge is -2.14. The van der Waals surface area contributed by atoms with Crippen molar-refractivity contribution in [3.8, 4) is 11.5 Å². The Kier molecular flexibility index (Phi) is 5.31. The van der Waals surface area contributed by atoms with Crippen molar-refractivity contribution in [1.82, 2.24) is 10.1 Å². The van der Waals surface area contributed by atoms with E-state index in [1.807, 2.05) is 5.43 Å². The van der Waals surface area contributed by atoms with Crippen LogP contribution in [0.15, 0.2) is 23.1 Å². The maximum Gasteiger partial charge on any atom is 0.251 e. The molecule has 0 heterocycles. The SMILES string of the molecule is COc1ccc(S(=O)(=O)NC(C)C(=O)NN)cc1OC. The first kappa shape index (κ1) is 16.2. The van der Waals surface area contributed by atoms with Crippen LogP contribution in [0, 0.1) is 0 Å². The van der Waals surface area contributed by atoms with Gasteiger partial charge in [-0.2, -0.15) is 4.72 Å². The second kappa shape index (κ2) is 6.55. The highest BCUT2D eigenvalue weighted by Gasteiger charge is 2.22. The van der Waals surface area contributed by atoms with Crippen LogP contribution in [0.4, 0.5) is 0 Å². The number of carbonyl (C=O) groups is 1. The Hall–Kier alpha value is -1.84. The number of methoxy groups -OCH3 is 2. The molecular weight excluding hydrogens is 286 g/mol. The van der Waals surface area contributed by atoms with E-state index < -0.39 is 22.0 Å². The molecule has 1 amide bonds. The molecule has 1 atom stereocenters. The van der Waals surface area contributed by atoms with E-state index in [1.165, 1.54) is 39.3 Å². The zero-order chi connectivity index (χ0) is 15.3. The fourth-order valence-electron chi connectivity index (χ4n) is 1.46. The van der Waals surface area contributed by atoms with Crippen molar-refractivity contribution in [2.45, 2.75) is 17.9 Å². The number of benzene rings is 1. The molecule has 4 N–H and O–H groups in total. The first-order valence-corrected chi connectivity index (χ1v) is 7.09. The number of ether oxygens (including phenoxy) is 2. The average Bonchev–Trinajstić information content (AvgIpc) is 2.44. The van der Waals surface area contributed by atoms with Crippen LogP contribution in [0.2, 0.25) is 0 Å². The van der Waals surface area contributed by atoms with Crippen molar-refractivity contribution >= 4 is 15.9 Å². The molecule has 20 heavy (non-hydrogen) atoms. The molecule has 0 saturated heterocycles. The van der Waals surface area contributed by atoms with Gasteiger partial charge in [0.15, 0.2) is 11.5 Å². The molecule has 0 aliphatic rings. The third kappa shape index (κ3) is 3.59. The van der Waals surface area contributed by atoms with Gasteiger partial charge in [0.05, 0.1) is 25.2 Å². The van der Waals surface area contributed by atoms with Crippen LogP contribution in [0.1, 0.15) is 6.92 Å². The van der Waals surface area contributed by atoms with E-state index in [1.54, 1.807) is 0 Å². The van der Waals surface area contributed by atoms with Gasteiger partial charge in [0, 0.05) is 6.07 Å². The summed E-state index contributed by atoms with van der Waals surface area (Å²) in [6.07, 6.45) is 0. The first-order valence-electron chi connectivity index (χ1n) is 5.60. The number of hydrazine groups is 1. The zero-order valence-electron chi connectivity index (χ0n) is 11.3. The summed E-state index contributed by atoms with van der Waals surface area (Å²) in [5, 5.41) is 0. The molecule has 1 rings (SSSR count). The van der Waals surface area contributed by atoms with Crippen molar-refractivity contribution in [2.75, 3.05) is 14.2 Å². The van der Waals surface area contributed by atoms with Crippen LogP contribution >= 0.6 is 0 Å². The van der Waals surface area contributed by atoms with Crippen molar-refractivity contribution in [1.29, 1.82) is 0 Å². The second-order valence-electron chi connectivity index (χ2n) is 3.87. The minimum Gasteiger partial charge on any atom is -0.493 e. The Bertz CT molecular complexity index is 588. The third-order valence-electron chi connectivity index (χ3n) is 2.53. The number of amides is 1. The molecule has 8 nitrogen and oxygen atoms in total. The van der Waals surface area contributed by atoms with Crippen molar-refractivity contribution in [3.05, 3.63) is 18.2 Å². The van der Waals surface area contributed by atoms with Crippen molar-refractivity contribution in [2.24, 2.45) is 5.84 Å². The third-order valence-corrected chi connectivity index (χ3v) is 4.07. The van der Waals surface area contributed by atoms with E-state index in [2.05, 4.69) is 4.72 Å². The topological polar surface area (TPSA) is 120 Å². The smallest absolute Gasteiger partial charge is 0.251 e. The number of hydrogen-bond acceptors (Lipinski definition) is 6. The van der Waals surface area contributed by atoms with E-state index in [0.717, 1.165) is 0 Å². The summed E-state index contributed by atoms with van der Waals surface area (Å²) in [5.74, 6) is 4.97. The number of rotatable bonds is 6. The fraction of sp³-hybridized carbons (Fsp3) is 0.364. The molecule has 0 bridgehead atoms. The van der Waals surface area contributed by atoms with Gasteiger partial charge < -0.3 is 9.47 Å². The lowest BCUT2D eigenvalue weighted by molar-refractivity contribution is -0.122. The van der Waals surface area contributed by atoms with E-state index >= 15 is 0 Å². The van der Waals surface area contributed by atoms with Gasteiger partial charge in [0.1, 0.15) is 0 Å². The Morgan fingerprint density at radius 3 is 2.35 bits per heavy atom. The van der Waals surface area contributed by atoms with Crippen molar-refractivity contribution in [3.63, 3.8) is 0 Å². The largest absolute Gasteiger partial charge is 0.493 e. The molecule has 0 fully saturated rings. The summed E-state index contributed by atoms with van der Waals surface area (Å²) >= 11 is 0. The standard InChI is InChI=1S/C11H17N3O5S/c1-7(11(15)13-12)14-20(16,17)8-4-5-9(18-2)10(6-8)19-3/h4-7,14H,12H2,1-3H3,(H,13,15). The van der Waals surface area contributed by atoms with Gasteiger partial charge >= 0.3 is 0 Å². The van der Waals surface area contributed by atoms with E-state index in [4.69, 9.17) is 15.3 Å². The molecular formula is C11H17N3O5S. The predicted molar refractivity (Wildman–Crippen MR) is 71.7 cm³/mol. The molecule has 1 aromatic carbocycles. The Morgan fingerprint density at radius 1 is 1.25 bits per heavy atom. The quantitative estimate of drug-likeness (QED) is 0.365. The van der Waals surface area contributed by atoms with E-state index in [9.17, 15) is 13.2 Å². The van der Waals surface area contributed by atoms with Crippen molar-refractivity contribution < 1.29 is 22.7 Å². The number of nitrogens with one attached hydrogen (secondary N) is 2. The summed E-state index contributed by atoms with van der Waals surface area (Å²) in [4.78, 5) is 11.2. The highest BCUT2D eigenvalue weighted by atomic mass is 32.2. The summed E-state index contributed by atoms with van der Waals surface area (Å²) in [6.45, 7) is 1.38. The monoisotopic (exact) mass is 303 g/mol. The number of carbonyl (C=O) groups excluding carboxylic acids is 1. The lowest BCUT2D eigenvalue weighted by Crippen LogP contribution is -2.47. The highest BCUT2D eigenvalue weighted by Crippen LogP contribution is 2.29. The normalized spacial score (nSPS) is 12.6. The maximum atomic E-state index is 12.1. The molecule has 0 aromatic heterocycles. The summed E-state index contributed by atoms with van der Waals surface area (Å²) in [7, 11) is -1.04. The number of hydrogen-bond donors (Lipinski definition) is 3. The molecule has 0 saturated carbocycles. The minimum absolute atomic E-state index is 0.0492. The summed E-state index contributed by atoms with van der Waals surface area (Å²) in [6, 6.07) is 3.10. The molecule has 9 heteroatoms. The summed E-state index contributed by atoms with van der Waals surface area (Å²) < 4.78 is 36.4. The zero-order valence-corrected chi connectivity index (χ0v) is 12.2. The number of nitrogens with two attached hydrogens (primary N) is 1. The van der Waals surface area contributed by atoms with Crippen LogP contribution < -0.4 is 25.5 Å². The Labute approximate surface area is 117 Å². The van der Waals surface area contributed by atoms with Gasteiger partial charge in [-0.15, -0.1) is 0 Å². The number of sulfonamides is 1. The highest BCUT2D eigenvalue weighted by molar-refractivity contribution is 7.89. The van der Waals surface area contributed by atoms with Crippen LogP contribution in [0.3, 0.4) is 0 Å². The molecule has 0 spiro atoms. The first-order chi connectivity index (χ1) is 9.35. The minimum atomic E-state index is -3.87. The summed E-state index contributed by atoms with van der Waals surface area (Å²) in [5.41, 5.74) is 1.87. The van der Waals surface area contributed by atoms with Crippen LogP contribution in [-0.2, 0) is 14.8 Å². The van der Waals surface area contributed by atoms with Gasteiger partial charge in [0.25, 0.3) is 5.91 Å². The Morgan fingerprint density at radius 2 is 1.85 bits per heavy atom. The van der Waals surface area contributed by atoms with Crippen LogP contribution in [0.25, 0.3) is 0 Å². The molecule has 0 aliphatic carbocycles. The van der Waals surface area contributed by atoms with E-state index in [0.29, 0.717) is 5.75 Å². The average molecular weight is 303 g/mol. The van der Waals surface area contributed by atoms with E-state index in [-0.39, 0.29) is 10.6 Å². The van der Waals surface area contributed by atoms with Gasteiger partial charge in [-0.05, 0) is 19.1 Å². The fourth-order valence-corrected chi connectivity index (χ4v) is 2.68. The second-order valence-corrected chi connectivity index (χ2v) is 5.58. The molecule has 1 aromatic rings.